The van der Waals surface area contributed by atoms with Gasteiger partial charge in [0, 0.05) is 5.69 Å². The molecule has 0 saturated carbocycles. The first kappa shape index (κ1) is 19.2. The summed E-state index contributed by atoms with van der Waals surface area (Å²) in [4.78, 5) is 26.6. The van der Waals surface area contributed by atoms with Crippen LogP contribution >= 0.6 is 0 Å². The third kappa shape index (κ3) is 3.88. The van der Waals surface area contributed by atoms with Crippen molar-refractivity contribution in [2.24, 2.45) is 0 Å². The van der Waals surface area contributed by atoms with Gasteiger partial charge in [-0.2, -0.15) is 0 Å². The fourth-order valence-corrected chi connectivity index (χ4v) is 3.02. The summed E-state index contributed by atoms with van der Waals surface area (Å²) in [7, 11) is 0. The zero-order valence-electron chi connectivity index (χ0n) is 15.5. The topological polar surface area (TPSA) is 66.8 Å². The molecule has 0 bridgehead atoms. The Balaban J connectivity index is 2.01. The summed E-state index contributed by atoms with van der Waals surface area (Å²) in [6.07, 6.45) is -0.733. The van der Waals surface area contributed by atoms with Gasteiger partial charge in [0.05, 0.1) is 0 Å². The van der Waals surface area contributed by atoms with Gasteiger partial charge >= 0.3 is 12.1 Å². The fourth-order valence-electron chi connectivity index (χ4n) is 3.02. The van der Waals surface area contributed by atoms with Gasteiger partial charge in [-0.3, -0.25) is 4.90 Å². The molecule has 1 amide bonds. The zero-order valence-corrected chi connectivity index (χ0v) is 15.5. The molecule has 3 aromatic carbocycles. The number of para-hydroxylation sites is 1. The minimum Gasteiger partial charge on any atom is -0.479 e. The van der Waals surface area contributed by atoms with Crippen molar-refractivity contribution in [3.63, 3.8) is 0 Å². The lowest BCUT2D eigenvalue weighted by Crippen LogP contribution is -2.53. The van der Waals surface area contributed by atoms with Crippen molar-refractivity contribution in [1.29, 1.82) is 0 Å². The molecule has 0 aromatic heterocycles. The Morgan fingerprint density at radius 1 is 0.857 bits per heavy atom. The number of aliphatic carboxylic acids is 1. The molecule has 3 aromatic rings. The van der Waals surface area contributed by atoms with Crippen molar-refractivity contribution in [2.45, 2.75) is 19.1 Å². The van der Waals surface area contributed by atoms with E-state index in [1.54, 1.807) is 60.7 Å². The molecular weight excluding hydrogens is 354 g/mol. The van der Waals surface area contributed by atoms with Crippen LogP contribution in [0.25, 0.3) is 0 Å². The summed E-state index contributed by atoms with van der Waals surface area (Å²) >= 11 is 0. The lowest BCUT2D eigenvalue weighted by Gasteiger charge is -2.37. The van der Waals surface area contributed by atoms with Gasteiger partial charge in [0.15, 0.2) is 5.54 Å². The van der Waals surface area contributed by atoms with Crippen LogP contribution in [0.3, 0.4) is 0 Å². The smallest absolute Gasteiger partial charge is 0.415 e. The highest BCUT2D eigenvalue weighted by molar-refractivity contribution is 5.98. The number of nitrogens with zero attached hydrogens (tertiary/aromatic N) is 1. The van der Waals surface area contributed by atoms with E-state index in [-0.39, 0.29) is 6.61 Å². The lowest BCUT2D eigenvalue weighted by molar-refractivity contribution is -0.143. The van der Waals surface area contributed by atoms with E-state index < -0.39 is 17.6 Å². The SMILES string of the molecule is C[C@](C(=O)O)(c1ccccc1)N(C(=O)OCc1ccccc1)c1ccccc1. The summed E-state index contributed by atoms with van der Waals surface area (Å²) < 4.78 is 5.49. The second kappa shape index (κ2) is 8.39. The van der Waals surface area contributed by atoms with Crippen molar-refractivity contribution in [3.8, 4) is 0 Å². The van der Waals surface area contributed by atoms with Gasteiger partial charge < -0.3 is 9.84 Å². The van der Waals surface area contributed by atoms with E-state index in [2.05, 4.69) is 0 Å². The van der Waals surface area contributed by atoms with Crippen LogP contribution in [0.2, 0.25) is 0 Å². The predicted octanol–water partition coefficient (Wildman–Crippen LogP) is 4.83. The molecule has 0 spiro atoms. The summed E-state index contributed by atoms with van der Waals surface area (Å²) in [5.41, 5.74) is 0.0917. The standard InChI is InChI=1S/C23H21NO4/c1-23(21(25)26,19-13-7-3-8-14-19)24(20-15-9-4-10-16-20)22(27)28-17-18-11-5-2-6-12-18/h2-16H,17H2,1H3,(H,25,26)/t23-/m1/s1. The van der Waals surface area contributed by atoms with Crippen LogP contribution in [0.15, 0.2) is 91.0 Å². The van der Waals surface area contributed by atoms with Gasteiger partial charge in [-0.15, -0.1) is 0 Å². The molecule has 28 heavy (non-hydrogen) atoms. The number of anilines is 1. The van der Waals surface area contributed by atoms with Crippen molar-refractivity contribution in [1.82, 2.24) is 0 Å². The number of carboxylic acids is 1. The van der Waals surface area contributed by atoms with Crippen molar-refractivity contribution < 1.29 is 19.4 Å². The van der Waals surface area contributed by atoms with Gasteiger partial charge in [0.1, 0.15) is 6.61 Å². The molecule has 0 aliphatic rings. The molecule has 0 radical (unpaired) electrons. The van der Waals surface area contributed by atoms with Gasteiger partial charge in [-0.1, -0.05) is 78.9 Å². The molecule has 142 valence electrons. The second-order valence-corrected chi connectivity index (χ2v) is 6.45. The van der Waals surface area contributed by atoms with E-state index in [4.69, 9.17) is 4.74 Å². The Labute approximate surface area is 163 Å². The summed E-state index contributed by atoms with van der Waals surface area (Å²) in [5, 5.41) is 10.1. The molecule has 0 heterocycles. The van der Waals surface area contributed by atoms with Crippen LogP contribution in [0.5, 0.6) is 0 Å². The quantitative estimate of drug-likeness (QED) is 0.670. The largest absolute Gasteiger partial charge is 0.479 e. The first-order valence-electron chi connectivity index (χ1n) is 8.88. The molecule has 5 heteroatoms. The highest BCUT2D eigenvalue weighted by Crippen LogP contribution is 2.34. The van der Waals surface area contributed by atoms with Crippen LogP contribution in [0, 0.1) is 0 Å². The van der Waals surface area contributed by atoms with Gasteiger partial charge in [0.25, 0.3) is 0 Å². The van der Waals surface area contributed by atoms with Gasteiger partial charge in [-0.05, 0) is 30.2 Å². The molecule has 0 aliphatic heterocycles. The first-order valence-corrected chi connectivity index (χ1v) is 8.88. The molecule has 0 unspecified atom stereocenters. The Kier molecular flexibility index (Phi) is 5.75. The number of hydrogen-bond acceptors (Lipinski definition) is 3. The first-order chi connectivity index (χ1) is 13.5. The monoisotopic (exact) mass is 375 g/mol. The van der Waals surface area contributed by atoms with E-state index in [9.17, 15) is 14.7 Å². The number of carbonyl (C=O) groups is 2. The van der Waals surface area contributed by atoms with Crippen LogP contribution in [-0.4, -0.2) is 17.2 Å². The molecule has 3 rings (SSSR count). The third-order valence-electron chi connectivity index (χ3n) is 4.60. The number of hydrogen-bond donors (Lipinski definition) is 1. The Morgan fingerprint density at radius 2 is 1.36 bits per heavy atom. The van der Waals surface area contributed by atoms with Crippen LogP contribution in [-0.2, 0) is 21.7 Å². The Hall–Kier alpha value is -3.60. The molecule has 0 fully saturated rings. The summed E-state index contributed by atoms with van der Waals surface area (Å²) in [6.45, 7) is 1.55. The fraction of sp³-hybridized carbons (Fsp3) is 0.130. The van der Waals surface area contributed by atoms with Crippen molar-refractivity contribution in [2.75, 3.05) is 4.90 Å². The highest BCUT2D eigenvalue weighted by atomic mass is 16.6. The van der Waals surface area contributed by atoms with E-state index >= 15 is 0 Å². The van der Waals surface area contributed by atoms with Crippen molar-refractivity contribution >= 4 is 17.7 Å². The molecule has 1 atom stereocenters. The second-order valence-electron chi connectivity index (χ2n) is 6.45. The third-order valence-corrected chi connectivity index (χ3v) is 4.60. The Bertz CT molecular complexity index is 929. The van der Waals surface area contributed by atoms with E-state index in [1.807, 2.05) is 30.3 Å². The number of carboxylic acid groups (broad SMARTS) is 1. The number of benzene rings is 3. The number of ether oxygens (including phenoxy) is 1. The summed E-state index contributed by atoms with van der Waals surface area (Å²) in [5.74, 6) is -1.15. The normalized spacial score (nSPS) is 12.6. The van der Waals surface area contributed by atoms with E-state index in [0.29, 0.717) is 11.3 Å². The summed E-state index contributed by atoms with van der Waals surface area (Å²) in [6, 6.07) is 26.6. The van der Waals surface area contributed by atoms with Crippen LogP contribution in [0.1, 0.15) is 18.1 Å². The average Bonchev–Trinajstić information content (AvgIpc) is 2.74. The maximum absolute atomic E-state index is 13.1. The molecular formula is C23H21NO4. The average molecular weight is 375 g/mol. The molecule has 1 N–H and O–H groups in total. The Morgan fingerprint density at radius 3 is 1.89 bits per heavy atom. The number of amides is 1. The molecule has 5 nitrogen and oxygen atoms in total. The van der Waals surface area contributed by atoms with E-state index in [1.165, 1.54) is 11.8 Å². The predicted molar refractivity (Wildman–Crippen MR) is 107 cm³/mol. The van der Waals surface area contributed by atoms with Crippen LogP contribution < -0.4 is 4.90 Å². The minimum atomic E-state index is -1.64. The van der Waals surface area contributed by atoms with Gasteiger partial charge in [0.2, 0.25) is 0 Å². The van der Waals surface area contributed by atoms with Crippen LogP contribution in [0.4, 0.5) is 10.5 Å². The lowest BCUT2D eigenvalue weighted by atomic mass is 9.89. The molecule has 0 saturated heterocycles. The molecule has 0 aliphatic carbocycles. The van der Waals surface area contributed by atoms with Gasteiger partial charge in [-0.25, -0.2) is 9.59 Å². The number of rotatable bonds is 6. The maximum Gasteiger partial charge on any atom is 0.415 e. The van der Waals surface area contributed by atoms with E-state index in [0.717, 1.165) is 5.56 Å². The highest BCUT2D eigenvalue weighted by Gasteiger charge is 2.46. The minimum absolute atomic E-state index is 0.0491. The maximum atomic E-state index is 13.1. The van der Waals surface area contributed by atoms with Crippen molar-refractivity contribution in [3.05, 3.63) is 102 Å². The number of carbonyl (C=O) groups excluding carboxylic acids is 1. The zero-order chi connectivity index (χ0) is 20.0.